The zero-order valence-electron chi connectivity index (χ0n) is 18.9. The largest absolute Gasteiger partial charge is 0.395 e. The lowest BCUT2D eigenvalue weighted by atomic mass is 10.2. The maximum atomic E-state index is 9.43. The molecule has 0 unspecified atom stereocenters. The number of H-pyrrole nitrogens is 1. The van der Waals surface area contributed by atoms with Crippen molar-refractivity contribution in [3.05, 3.63) is 83.7 Å². The summed E-state index contributed by atoms with van der Waals surface area (Å²) in [4.78, 5) is 16.3. The standard InChI is InChI=1S/C26H30N4OS2/c1-20-24(19-33-26-28-22-10-5-6-11-23(22)29-26)27-13-12-25(20)32-17-7-14-30(15-16-31)18-21-8-3-2-4-9-21/h2-6,8-13,31H,7,14-19H2,1H3,(H,28,29). The Bertz CT molecular complexity index is 1120. The van der Waals surface area contributed by atoms with Gasteiger partial charge >= 0.3 is 0 Å². The summed E-state index contributed by atoms with van der Waals surface area (Å²) in [6.07, 6.45) is 2.99. The minimum absolute atomic E-state index is 0.190. The van der Waals surface area contributed by atoms with Gasteiger partial charge in [0.05, 0.1) is 23.3 Å². The van der Waals surface area contributed by atoms with Gasteiger partial charge in [0.2, 0.25) is 0 Å². The van der Waals surface area contributed by atoms with Gasteiger partial charge in [-0.25, -0.2) is 4.98 Å². The van der Waals surface area contributed by atoms with Gasteiger partial charge in [0.25, 0.3) is 0 Å². The number of nitrogens with one attached hydrogen (secondary N) is 1. The van der Waals surface area contributed by atoms with Gasteiger partial charge in [-0.05, 0) is 55.0 Å². The van der Waals surface area contributed by atoms with Crippen LogP contribution in [0, 0.1) is 6.92 Å². The number of benzene rings is 2. The van der Waals surface area contributed by atoms with Gasteiger partial charge in [-0.1, -0.05) is 54.2 Å². The van der Waals surface area contributed by atoms with E-state index in [1.165, 1.54) is 16.0 Å². The summed E-state index contributed by atoms with van der Waals surface area (Å²) in [7, 11) is 0. The van der Waals surface area contributed by atoms with Crippen molar-refractivity contribution in [3.8, 4) is 0 Å². The van der Waals surface area contributed by atoms with E-state index in [0.717, 1.165) is 52.9 Å². The molecule has 0 atom stereocenters. The highest BCUT2D eigenvalue weighted by Crippen LogP contribution is 2.28. The van der Waals surface area contributed by atoms with E-state index in [2.05, 4.69) is 63.2 Å². The monoisotopic (exact) mass is 478 g/mol. The van der Waals surface area contributed by atoms with E-state index < -0.39 is 0 Å². The van der Waals surface area contributed by atoms with Crippen LogP contribution in [0.5, 0.6) is 0 Å². The number of aliphatic hydroxyl groups excluding tert-OH is 1. The fraction of sp³-hybridized carbons (Fsp3) is 0.308. The molecule has 0 amide bonds. The second-order valence-corrected chi connectivity index (χ2v) is 10.0. The number of aliphatic hydroxyl groups is 1. The lowest BCUT2D eigenvalue weighted by molar-refractivity contribution is 0.191. The maximum Gasteiger partial charge on any atom is 0.166 e. The van der Waals surface area contributed by atoms with Gasteiger partial charge in [-0.3, -0.25) is 9.88 Å². The summed E-state index contributed by atoms with van der Waals surface area (Å²) in [6.45, 7) is 4.91. The number of aromatic amines is 1. The molecule has 2 aromatic carbocycles. The van der Waals surface area contributed by atoms with E-state index in [1.807, 2.05) is 42.2 Å². The van der Waals surface area contributed by atoms with Crippen LogP contribution < -0.4 is 0 Å². The van der Waals surface area contributed by atoms with E-state index in [9.17, 15) is 5.11 Å². The predicted molar refractivity (Wildman–Crippen MR) is 139 cm³/mol. The minimum Gasteiger partial charge on any atom is -0.395 e. The molecule has 2 N–H and O–H groups in total. The Balaban J connectivity index is 1.28. The zero-order valence-corrected chi connectivity index (χ0v) is 20.5. The number of imidazole rings is 1. The maximum absolute atomic E-state index is 9.43. The van der Waals surface area contributed by atoms with Crippen molar-refractivity contribution in [3.63, 3.8) is 0 Å². The highest BCUT2D eigenvalue weighted by molar-refractivity contribution is 7.99. The smallest absolute Gasteiger partial charge is 0.166 e. The molecule has 7 heteroatoms. The summed E-state index contributed by atoms with van der Waals surface area (Å²) in [5, 5.41) is 10.4. The number of pyridine rings is 1. The molecule has 0 aliphatic carbocycles. The minimum atomic E-state index is 0.190. The lowest BCUT2D eigenvalue weighted by Gasteiger charge is -2.21. The van der Waals surface area contributed by atoms with E-state index >= 15 is 0 Å². The first kappa shape index (κ1) is 23.8. The first-order valence-electron chi connectivity index (χ1n) is 11.2. The summed E-state index contributed by atoms with van der Waals surface area (Å²) in [5.74, 6) is 1.83. The van der Waals surface area contributed by atoms with Crippen LogP contribution in [-0.4, -0.2) is 50.4 Å². The van der Waals surface area contributed by atoms with E-state index in [-0.39, 0.29) is 6.61 Å². The normalized spacial score (nSPS) is 11.5. The highest BCUT2D eigenvalue weighted by Gasteiger charge is 2.10. The first-order valence-corrected chi connectivity index (χ1v) is 13.2. The number of aromatic nitrogens is 3. The van der Waals surface area contributed by atoms with Crippen LogP contribution >= 0.6 is 23.5 Å². The van der Waals surface area contributed by atoms with Crippen LogP contribution in [0.2, 0.25) is 0 Å². The van der Waals surface area contributed by atoms with Crippen molar-refractivity contribution in [2.24, 2.45) is 0 Å². The molecule has 5 nitrogen and oxygen atoms in total. The summed E-state index contributed by atoms with van der Waals surface area (Å²) in [5.41, 5.74) is 5.71. The fourth-order valence-corrected chi connectivity index (χ4v) is 5.61. The number of rotatable bonds is 12. The number of thioether (sulfide) groups is 2. The Morgan fingerprint density at radius 3 is 2.61 bits per heavy atom. The SMILES string of the molecule is Cc1c(SCCCN(CCO)Cc2ccccc2)ccnc1CSc1nc2ccccc2[nH]1. The zero-order chi connectivity index (χ0) is 22.9. The van der Waals surface area contributed by atoms with Crippen LogP contribution in [0.15, 0.2) is 76.9 Å². The highest BCUT2D eigenvalue weighted by atomic mass is 32.2. The fourth-order valence-electron chi connectivity index (χ4n) is 3.72. The molecule has 33 heavy (non-hydrogen) atoms. The van der Waals surface area contributed by atoms with E-state index in [4.69, 9.17) is 0 Å². The average Bonchev–Trinajstić information content (AvgIpc) is 3.26. The number of para-hydroxylation sites is 2. The van der Waals surface area contributed by atoms with Crippen molar-refractivity contribution in [2.45, 2.75) is 35.7 Å². The Kier molecular flexibility index (Phi) is 8.83. The molecule has 0 spiro atoms. The second-order valence-electron chi connectivity index (χ2n) is 7.92. The molecule has 2 aromatic heterocycles. The van der Waals surface area contributed by atoms with Crippen LogP contribution in [0.1, 0.15) is 23.2 Å². The number of hydrogen-bond acceptors (Lipinski definition) is 6. The van der Waals surface area contributed by atoms with Gasteiger partial charge < -0.3 is 10.1 Å². The number of hydrogen-bond donors (Lipinski definition) is 2. The molecule has 172 valence electrons. The van der Waals surface area contributed by atoms with Gasteiger partial charge in [0.1, 0.15) is 0 Å². The van der Waals surface area contributed by atoms with Crippen LogP contribution in [-0.2, 0) is 12.3 Å². The topological polar surface area (TPSA) is 65.0 Å². The van der Waals surface area contributed by atoms with E-state index in [1.54, 1.807) is 11.8 Å². The second kappa shape index (κ2) is 12.2. The molecule has 0 aliphatic heterocycles. The Hall–Kier alpha value is -2.32. The summed E-state index contributed by atoms with van der Waals surface area (Å²) >= 11 is 3.58. The molecule has 4 rings (SSSR count). The van der Waals surface area contributed by atoms with Crippen molar-refractivity contribution in [1.82, 2.24) is 19.9 Å². The third-order valence-electron chi connectivity index (χ3n) is 5.51. The average molecular weight is 479 g/mol. The number of fused-ring (bicyclic) bond motifs is 1. The molecule has 0 fully saturated rings. The molecule has 0 saturated carbocycles. The Labute approximate surface area is 204 Å². The van der Waals surface area contributed by atoms with Crippen molar-refractivity contribution in [2.75, 3.05) is 25.4 Å². The molecular formula is C26H30N4OS2. The third-order valence-corrected chi connectivity index (χ3v) is 7.64. The lowest BCUT2D eigenvalue weighted by Crippen LogP contribution is -2.27. The molecule has 0 aliphatic rings. The quantitative estimate of drug-likeness (QED) is 0.206. The van der Waals surface area contributed by atoms with Crippen molar-refractivity contribution < 1.29 is 5.11 Å². The van der Waals surface area contributed by atoms with E-state index in [0.29, 0.717) is 6.54 Å². The Morgan fingerprint density at radius 1 is 0.970 bits per heavy atom. The van der Waals surface area contributed by atoms with Crippen molar-refractivity contribution in [1.29, 1.82) is 0 Å². The molecule has 0 saturated heterocycles. The third kappa shape index (κ3) is 6.84. The van der Waals surface area contributed by atoms with Crippen LogP contribution in [0.3, 0.4) is 0 Å². The molecule has 4 aromatic rings. The van der Waals surface area contributed by atoms with Crippen LogP contribution in [0.25, 0.3) is 11.0 Å². The van der Waals surface area contributed by atoms with Crippen molar-refractivity contribution >= 4 is 34.6 Å². The Morgan fingerprint density at radius 2 is 1.79 bits per heavy atom. The molecule has 2 heterocycles. The van der Waals surface area contributed by atoms with Gasteiger partial charge in [-0.15, -0.1) is 11.8 Å². The van der Waals surface area contributed by atoms with Gasteiger partial charge in [0, 0.05) is 29.9 Å². The molecular weight excluding hydrogens is 448 g/mol. The number of nitrogens with zero attached hydrogens (tertiary/aromatic N) is 3. The summed E-state index contributed by atoms with van der Waals surface area (Å²) < 4.78 is 0. The first-order chi connectivity index (χ1) is 16.2. The molecule has 0 radical (unpaired) electrons. The predicted octanol–water partition coefficient (Wildman–Crippen LogP) is 5.54. The van der Waals surface area contributed by atoms with Crippen LogP contribution in [0.4, 0.5) is 0 Å². The van der Waals surface area contributed by atoms with Gasteiger partial charge in [0.15, 0.2) is 5.16 Å². The molecule has 0 bridgehead atoms. The van der Waals surface area contributed by atoms with Gasteiger partial charge in [-0.2, -0.15) is 0 Å². The summed E-state index contributed by atoms with van der Waals surface area (Å²) in [6, 6.07) is 20.7.